The molecule has 0 aliphatic rings. The predicted octanol–water partition coefficient (Wildman–Crippen LogP) is 3.11. The summed E-state index contributed by atoms with van der Waals surface area (Å²) in [6.07, 6.45) is 0. The Morgan fingerprint density at radius 1 is 1.00 bits per heavy atom. The first kappa shape index (κ1) is 17.5. The summed E-state index contributed by atoms with van der Waals surface area (Å²) in [5, 5.41) is 0. The summed E-state index contributed by atoms with van der Waals surface area (Å²) >= 11 is 0. The Bertz CT molecular complexity index is 752. The number of aryl methyl sites for hydroxylation is 2. The maximum atomic E-state index is 12.1. The molecule has 2 aromatic rings. The average molecular weight is 333 g/mol. The van der Waals surface area contributed by atoms with Crippen LogP contribution in [0.3, 0.4) is 0 Å². The van der Waals surface area contributed by atoms with E-state index < -0.39 is 10.0 Å². The molecule has 0 heterocycles. The summed E-state index contributed by atoms with van der Waals surface area (Å²) in [7, 11) is -3.35. The van der Waals surface area contributed by atoms with Gasteiger partial charge in [-0.25, -0.2) is 13.1 Å². The number of hydrogen-bond donors (Lipinski definition) is 1. The Morgan fingerprint density at radius 3 is 2.39 bits per heavy atom. The van der Waals surface area contributed by atoms with E-state index in [1.807, 2.05) is 63.2 Å². The van der Waals surface area contributed by atoms with E-state index in [4.69, 9.17) is 4.74 Å². The van der Waals surface area contributed by atoms with Gasteiger partial charge in [0.05, 0.1) is 5.75 Å². The molecular weight excluding hydrogens is 310 g/mol. The third kappa shape index (κ3) is 5.37. The molecule has 4 nitrogen and oxygen atoms in total. The lowest BCUT2D eigenvalue weighted by Crippen LogP contribution is -2.29. The summed E-state index contributed by atoms with van der Waals surface area (Å²) in [6, 6.07) is 13.3. The smallest absolute Gasteiger partial charge is 0.215 e. The molecule has 0 spiro atoms. The van der Waals surface area contributed by atoms with Crippen LogP contribution >= 0.6 is 0 Å². The molecule has 0 fully saturated rings. The van der Waals surface area contributed by atoms with Crippen LogP contribution in [-0.4, -0.2) is 21.6 Å². The Kier molecular flexibility index (Phi) is 5.80. The van der Waals surface area contributed by atoms with E-state index in [2.05, 4.69) is 4.72 Å². The van der Waals surface area contributed by atoms with Crippen LogP contribution in [0.4, 0.5) is 0 Å². The predicted molar refractivity (Wildman–Crippen MR) is 93.2 cm³/mol. The van der Waals surface area contributed by atoms with Crippen molar-refractivity contribution < 1.29 is 13.2 Å². The first-order chi connectivity index (χ1) is 10.9. The van der Waals surface area contributed by atoms with Gasteiger partial charge in [-0.1, -0.05) is 42.0 Å². The van der Waals surface area contributed by atoms with E-state index >= 15 is 0 Å². The summed E-state index contributed by atoms with van der Waals surface area (Å²) in [4.78, 5) is 0. The standard InChI is InChI=1S/C18H23NO3S/c1-14-7-9-17(10-8-14)13-23(20,21)19-11-12-22-18-6-4-5-15(2)16(18)3/h4-10,19H,11-13H2,1-3H3. The highest BCUT2D eigenvalue weighted by Gasteiger charge is 2.11. The number of sulfonamides is 1. The summed E-state index contributed by atoms with van der Waals surface area (Å²) in [5.41, 5.74) is 4.12. The number of nitrogens with one attached hydrogen (secondary N) is 1. The Morgan fingerprint density at radius 2 is 1.70 bits per heavy atom. The van der Waals surface area contributed by atoms with Crippen LogP contribution < -0.4 is 9.46 Å². The number of rotatable bonds is 7. The van der Waals surface area contributed by atoms with E-state index in [9.17, 15) is 8.42 Å². The van der Waals surface area contributed by atoms with Crippen molar-refractivity contribution in [2.24, 2.45) is 0 Å². The number of ether oxygens (including phenoxy) is 1. The minimum atomic E-state index is -3.35. The molecule has 0 bridgehead atoms. The van der Waals surface area contributed by atoms with Crippen molar-refractivity contribution in [3.8, 4) is 5.75 Å². The monoisotopic (exact) mass is 333 g/mol. The average Bonchev–Trinajstić information content (AvgIpc) is 2.50. The molecule has 0 atom stereocenters. The topological polar surface area (TPSA) is 55.4 Å². The van der Waals surface area contributed by atoms with Crippen LogP contribution in [0.5, 0.6) is 5.75 Å². The van der Waals surface area contributed by atoms with Gasteiger partial charge in [0.1, 0.15) is 12.4 Å². The Labute approximate surface area is 138 Å². The molecular formula is C18H23NO3S. The molecule has 0 saturated heterocycles. The summed E-state index contributed by atoms with van der Waals surface area (Å²) in [5.74, 6) is 0.777. The summed E-state index contributed by atoms with van der Waals surface area (Å²) in [6.45, 7) is 6.54. The number of benzene rings is 2. The van der Waals surface area contributed by atoms with Crippen LogP contribution in [0.1, 0.15) is 22.3 Å². The SMILES string of the molecule is Cc1ccc(CS(=O)(=O)NCCOc2cccc(C)c2C)cc1. The van der Waals surface area contributed by atoms with Gasteiger partial charge in [-0.2, -0.15) is 0 Å². The van der Waals surface area contributed by atoms with E-state index in [0.717, 1.165) is 28.0 Å². The van der Waals surface area contributed by atoms with Crippen molar-refractivity contribution in [2.45, 2.75) is 26.5 Å². The zero-order chi connectivity index (χ0) is 16.9. The van der Waals surface area contributed by atoms with Gasteiger partial charge in [-0.05, 0) is 43.5 Å². The number of hydrogen-bond acceptors (Lipinski definition) is 3. The van der Waals surface area contributed by atoms with Crippen LogP contribution in [0.15, 0.2) is 42.5 Å². The van der Waals surface area contributed by atoms with Gasteiger partial charge in [-0.3, -0.25) is 0 Å². The Balaban J connectivity index is 1.83. The fraction of sp³-hybridized carbons (Fsp3) is 0.333. The van der Waals surface area contributed by atoms with E-state index in [-0.39, 0.29) is 12.3 Å². The molecule has 0 aliphatic heterocycles. The molecule has 124 valence electrons. The van der Waals surface area contributed by atoms with Crippen molar-refractivity contribution >= 4 is 10.0 Å². The lowest BCUT2D eigenvalue weighted by molar-refractivity contribution is 0.320. The van der Waals surface area contributed by atoms with E-state index in [1.54, 1.807) is 0 Å². The van der Waals surface area contributed by atoms with Gasteiger partial charge in [0.2, 0.25) is 10.0 Å². The lowest BCUT2D eigenvalue weighted by atomic mass is 10.1. The van der Waals surface area contributed by atoms with Gasteiger partial charge < -0.3 is 4.74 Å². The van der Waals surface area contributed by atoms with E-state index in [0.29, 0.717) is 6.61 Å². The van der Waals surface area contributed by atoms with Crippen molar-refractivity contribution in [1.29, 1.82) is 0 Å². The molecule has 0 saturated carbocycles. The fourth-order valence-corrected chi connectivity index (χ4v) is 3.32. The van der Waals surface area contributed by atoms with Gasteiger partial charge in [0.25, 0.3) is 0 Å². The highest BCUT2D eigenvalue weighted by Crippen LogP contribution is 2.20. The maximum Gasteiger partial charge on any atom is 0.215 e. The Hall–Kier alpha value is -1.85. The molecule has 1 N–H and O–H groups in total. The van der Waals surface area contributed by atoms with Crippen LogP contribution in [0, 0.1) is 20.8 Å². The van der Waals surface area contributed by atoms with Crippen molar-refractivity contribution in [1.82, 2.24) is 4.72 Å². The molecule has 0 unspecified atom stereocenters. The van der Waals surface area contributed by atoms with Crippen molar-refractivity contribution in [2.75, 3.05) is 13.2 Å². The van der Waals surface area contributed by atoms with Crippen LogP contribution in [0.2, 0.25) is 0 Å². The highest BCUT2D eigenvalue weighted by atomic mass is 32.2. The molecule has 23 heavy (non-hydrogen) atoms. The molecule has 2 rings (SSSR count). The quantitative estimate of drug-likeness (QED) is 0.792. The molecule has 0 amide bonds. The van der Waals surface area contributed by atoms with Gasteiger partial charge in [-0.15, -0.1) is 0 Å². The van der Waals surface area contributed by atoms with Crippen LogP contribution in [-0.2, 0) is 15.8 Å². The van der Waals surface area contributed by atoms with Gasteiger partial charge in [0.15, 0.2) is 0 Å². The first-order valence-electron chi connectivity index (χ1n) is 7.59. The molecule has 0 aliphatic carbocycles. The summed E-state index contributed by atoms with van der Waals surface area (Å²) < 4.78 is 32.3. The molecule has 5 heteroatoms. The third-order valence-corrected chi connectivity index (χ3v) is 5.07. The second kappa shape index (κ2) is 7.62. The second-order valence-electron chi connectivity index (χ2n) is 5.69. The van der Waals surface area contributed by atoms with Crippen molar-refractivity contribution in [3.63, 3.8) is 0 Å². The van der Waals surface area contributed by atoms with E-state index in [1.165, 1.54) is 0 Å². The minimum Gasteiger partial charge on any atom is -0.492 e. The first-order valence-corrected chi connectivity index (χ1v) is 9.24. The molecule has 0 aromatic heterocycles. The van der Waals surface area contributed by atoms with Crippen molar-refractivity contribution in [3.05, 3.63) is 64.7 Å². The largest absolute Gasteiger partial charge is 0.492 e. The fourth-order valence-electron chi connectivity index (χ4n) is 2.19. The zero-order valence-corrected chi connectivity index (χ0v) is 14.6. The normalized spacial score (nSPS) is 11.4. The zero-order valence-electron chi connectivity index (χ0n) is 13.8. The second-order valence-corrected chi connectivity index (χ2v) is 7.49. The van der Waals surface area contributed by atoms with Gasteiger partial charge in [0, 0.05) is 6.54 Å². The van der Waals surface area contributed by atoms with Gasteiger partial charge >= 0.3 is 0 Å². The molecule has 0 radical (unpaired) electrons. The highest BCUT2D eigenvalue weighted by molar-refractivity contribution is 7.88. The maximum absolute atomic E-state index is 12.1. The van der Waals surface area contributed by atoms with Crippen LogP contribution in [0.25, 0.3) is 0 Å². The third-order valence-electron chi connectivity index (χ3n) is 3.71. The molecule has 2 aromatic carbocycles. The minimum absolute atomic E-state index is 0.0171. The lowest BCUT2D eigenvalue weighted by Gasteiger charge is -2.11.